The van der Waals surface area contributed by atoms with Crippen molar-refractivity contribution in [3.63, 3.8) is 0 Å². The molecule has 1 amide bonds. The van der Waals surface area contributed by atoms with E-state index in [0.29, 0.717) is 17.1 Å². The van der Waals surface area contributed by atoms with Gasteiger partial charge in [-0.15, -0.1) is 0 Å². The van der Waals surface area contributed by atoms with Crippen LogP contribution in [0.25, 0.3) is 27.7 Å². The number of primary sulfonamides is 1. The molecule has 0 unspecified atom stereocenters. The third-order valence-electron chi connectivity index (χ3n) is 7.38. The van der Waals surface area contributed by atoms with E-state index in [1.54, 1.807) is 35.0 Å². The highest BCUT2D eigenvalue weighted by atomic mass is 32.2. The van der Waals surface area contributed by atoms with Crippen LogP contribution in [0.1, 0.15) is 63.2 Å². The fourth-order valence-corrected chi connectivity index (χ4v) is 5.58. The van der Waals surface area contributed by atoms with Crippen molar-refractivity contribution >= 4 is 32.4 Å². The van der Waals surface area contributed by atoms with Gasteiger partial charge in [-0.1, -0.05) is 77.9 Å². The number of carbonyl (C=O) groups excluding carboxylic acids is 1. The van der Waals surface area contributed by atoms with Crippen LogP contribution in [-0.4, -0.2) is 29.2 Å². The molecule has 43 heavy (non-hydrogen) atoms. The van der Waals surface area contributed by atoms with Gasteiger partial charge in [0.25, 0.3) is 5.91 Å². The van der Waals surface area contributed by atoms with Crippen molar-refractivity contribution < 1.29 is 18.3 Å². The van der Waals surface area contributed by atoms with Gasteiger partial charge in [0.05, 0.1) is 16.3 Å². The number of hydrogen-bond donors (Lipinski definition) is 3. The summed E-state index contributed by atoms with van der Waals surface area (Å²) in [6, 6.07) is 25.3. The summed E-state index contributed by atoms with van der Waals surface area (Å²) in [6.45, 7) is 12.1. The Kier molecular flexibility index (Phi) is 7.44. The van der Waals surface area contributed by atoms with Crippen molar-refractivity contribution in [1.82, 2.24) is 9.78 Å². The van der Waals surface area contributed by atoms with E-state index in [1.165, 1.54) is 12.1 Å². The first-order valence-corrected chi connectivity index (χ1v) is 15.5. The Morgan fingerprint density at radius 1 is 0.814 bits per heavy atom. The minimum atomic E-state index is -3.87. The number of anilines is 1. The smallest absolute Gasteiger partial charge is 0.276 e. The van der Waals surface area contributed by atoms with E-state index < -0.39 is 15.9 Å². The van der Waals surface area contributed by atoms with Crippen LogP contribution in [0.5, 0.6) is 5.75 Å². The van der Waals surface area contributed by atoms with E-state index in [4.69, 9.17) is 5.14 Å². The summed E-state index contributed by atoms with van der Waals surface area (Å²) < 4.78 is 25.3. The maximum Gasteiger partial charge on any atom is 0.276 e. The molecule has 0 fully saturated rings. The molecule has 4 aromatic carbocycles. The lowest BCUT2D eigenvalue weighted by Gasteiger charge is -2.28. The number of sulfonamides is 1. The first-order chi connectivity index (χ1) is 20.0. The quantitative estimate of drug-likeness (QED) is 0.190. The highest BCUT2D eigenvalue weighted by Crippen LogP contribution is 2.41. The standard InChI is InChI=1S/C34H36N4O4S/c1-33(2,3)27-18-24(19-28(31(27)39)34(4,5)6)36-32(40)29-20-30(23-12-11-21-9-7-8-10-22(21)17-23)38(37-29)25-13-15-26(16-14-25)43(35,41)42/h7-20,39H,1-6H3,(H,36,40)(H2,35,41,42). The molecule has 5 rings (SSSR count). The van der Waals surface area contributed by atoms with Gasteiger partial charge in [-0.3, -0.25) is 4.79 Å². The molecule has 0 aliphatic heterocycles. The van der Waals surface area contributed by atoms with Gasteiger partial charge in [0, 0.05) is 22.4 Å². The van der Waals surface area contributed by atoms with Crippen LogP contribution in [0.3, 0.4) is 0 Å². The molecular formula is C34H36N4O4S. The lowest BCUT2D eigenvalue weighted by atomic mass is 9.79. The Labute approximate surface area is 252 Å². The van der Waals surface area contributed by atoms with E-state index in [1.807, 2.05) is 84.0 Å². The van der Waals surface area contributed by atoms with E-state index in [-0.39, 0.29) is 27.2 Å². The van der Waals surface area contributed by atoms with Crippen molar-refractivity contribution in [1.29, 1.82) is 0 Å². The number of rotatable bonds is 5. The molecule has 5 aromatic rings. The number of carbonyl (C=O) groups is 1. The molecule has 0 bridgehead atoms. The van der Waals surface area contributed by atoms with Crippen molar-refractivity contribution in [2.24, 2.45) is 5.14 Å². The van der Waals surface area contributed by atoms with Crippen molar-refractivity contribution in [3.8, 4) is 22.7 Å². The van der Waals surface area contributed by atoms with E-state index >= 15 is 0 Å². The molecule has 0 aliphatic carbocycles. The topological polar surface area (TPSA) is 127 Å². The van der Waals surface area contributed by atoms with E-state index in [2.05, 4.69) is 10.4 Å². The number of aromatic hydroxyl groups is 1. The molecule has 0 saturated heterocycles. The molecule has 8 nitrogen and oxygen atoms in total. The number of nitrogens with one attached hydrogen (secondary N) is 1. The fourth-order valence-electron chi connectivity index (χ4n) is 5.07. The zero-order valence-electron chi connectivity index (χ0n) is 25.1. The molecule has 222 valence electrons. The van der Waals surface area contributed by atoms with Crippen LogP contribution in [-0.2, 0) is 20.9 Å². The minimum absolute atomic E-state index is 0.0229. The summed E-state index contributed by atoms with van der Waals surface area (Å²) in [4.78, 5) is 13.7. The zero-order valence-corrected chi connectivity index (χ0v) is 26.0. The first-order valence-electron chi connectivity index (χ1n) is 13.9. The predicted molar refractivity (Wildman–Crippen MR) is 171 cm³/mol. The molecule has 0 radical (unpaired) electrons. The van der Waals surface area contributed by atoms with Crippen LogP contribution in [0.4, 0.5) is 5.69 Å². The number of phenols is 1. The monoisotopic (exact) mass is 596 g/mol. The molecular weight excluding hydrogens is 560 g/mol. The average molecular weight is 597 g/mol. The van der Waals surface area contributed by atoms with E-state index in [0.717, 1.165) is 27.5 Å². The second-order valence-electron chi connectivity index (χ2n) is 12.8. The molecule has 1 aromatic heterocycles. The lowest BCUT2D eigenvalue weighted by Crippen LogP contribution is -2.19. The van der Waals surface area contributed by atoms with Gasteiger partial charge in [-0.2, -0.15) is 5.10 Å². The van der Waals surface area contributed by atoms with Crippen molar-refractivity contribution in [2.45, 2.75) is 57.3 Å². The second-order valence-corrected chi connectivity index (χ2v) is 14.4. The second kappa shape index (κ2) is 10.7. The number of amides is 1. The Hall–Kier alpha value is -4.47. The Morgan fingerprint density at radius 3 is 1.95 bits per heavy atom. The average Bonchev–Trinajstić information content (AvgIpc) is 3.38. The molecule has 1 heterocycles. The molecule has 0 saturated carbocycles. The molecule has 4 N–H and O–H groups in total. The number of nitrogens with two attached hydrogens (primary N) is 1. The Morgan fingerprint density at radius 2 is 1.40 bits per heavy atom. The van der Waals surface area contributed by atoms with Gasteiger partial charge in [0.2, 0.25) is 10.0 Å². The van der Waals surface area contributed by atoms with Gasteiger partial charge < -0.3 is 10.4 Å². The molecule has 9 heteroatoms. The minimum Gasteiger partial charge on any atom is -0.507 e. The van der Waals surface area contributed by atoms with Crippen molar-refractivity contribution in [3.05, 3.63) is 102 Å². The Bertz CT molecular complexity index is 1930. The normalized spacial score (nSPS) is 12.4. The molecule has 0 aliphatic rings. The maximum absolute atomic E-state index is 13.7. The Balaban J connectivity index is 1.61. The number of nitrogens with zero attached hydrogens (tertiary/aromatic N) is 2. The summed E-state index contributed by atoms with van der Waals surface area (Å²) in [5, 5.41) is 26.1. The van der Waals surface area contributed by atoms with E-state index in [9.17, 15) is 18.3 Å². The van der Waals surface area contributed by atoms with Gasteiger partial charge in [-0.25, -0.2) is 18.2 Å². The summed E-state index contributed by atoms with van der Waals surface area (Å²) >= 11 is 0. The zero-order chi connectivity index (χ0) is 31.3. The fraction of sp³-hybridized carbons (Fsp3) is 0.235. The number of benzene rings is 4. The van der Waals surface area contributed by atoms with Crippen LogP contribution in [0.2, 0.25) is 0 Å². The maximum atomic E-state index is 13.7. The third-order valence-corrected chi connectivity index (χ3v) is 8.31. The highest BCUT2D eigenvalue weighted by Gasteiger charge is 2.27. The lowest BCUT2D eigenvalue weighted by molar-refractivity contribution is 0.102. The summed E-state index contributed by atoms with van der Waals surface area (Å²) in [5.74, 6) is -0.198. The summed E-state index contributed by atoms with van der Waals surface area (Å²) in [6.07, 6.45) is 0. The van der Waals surface area contributed by atoms with Crippen LogP contribution in [0.15, 0.2) is 89.8 Å². The number of fused-ring (bicyclic) bond motifs is 1. The van der Waals surface area contributed by atoms with Gasteiger partial charge in [0.15, 0.2) is 5.69 Å². The van der Waals surface area contributed by atoms with Crippen LogP contribution < -0.4 is 10.5 Å². The van der Waals surface area contributed by atoms with Gasteiger partial charge in [0.1, 0.15) is 5.75 Å². The highest BCUT2D eigenvalue weighted by molar-refractivity contribution is 7.89. The van der Waals surface area contributed by atoms with Gasteiger partial charge >= 0.3 is 0 Å². The summed E-state index contributed by atoms with van der Waals surface area (Å²) in [7, 11) is -3.87. The number of aromatic nitrogens is 2. The van der Waals surface area contributed by atoms with Gasteiger partial charge in [-0.05, 0) is 70.1 Å². The third kappa shape index (κ3) is 6.18. The molecule has 0 spiro atoms. The largest absolute Gasteiger partial charge is 0.507 e. The first kappa shape index (κ1) is 30.0. The summed E-state index contributed by atoms with van der Waals surface area (Å²) in [5.41, 5.74) is 3.49. The van der Waals surface area contributed by atoms with Crippen molar-refractivity contribution in [2.75, 3.05) is 5.32 Å². The SMILES string of the molecule is CC(C)(C)c1cc(NC(=O)c2cc(-c3ccc4ccccc4c3)n(-c3ccc(S(N)(=O)=O)cc3)n2)cc(C(C)(C)C)c1O. The predicted octanol–water partition coefficient (Wildman–Crippen LogP) is 6.89. The number of hydrogen-bond acceptors (Lipinski definition) is 5. The van der Waals surface area contributed by atoms with Crippen LogP contribution >= 0.6 is 0 Å². The number of phenolic OH excluding ortho intramolecular Hbond substituents is 1. The van der Waals surface area contributed by atoms with Crippen LogP contribution in [0, 0.1) is 0 Å². The molecule has 0 atom stereocenters.